The second kappa shape index (κ2) is 10.0. The van der Waals surface area contributed by atoms with E-state index < -0.39 is 10.0 Å². The van der Waals surface area contributed by atoms with Crippen LogP contribution >= 0.6 is 11.3 Å². The summed E-state index contributed by atoms with van der Waals surface area (Å²) in [5.41, 5.74) is 5.26. The second-order valence-corrected chi connectivity index (χ2v) is 10.6. The van der Waals surface area contributed by atoms with Crippen LogP contribution in [0.15, 0.2) is 63.9 Å². The molecule has 0 spiro atoms. The summed E-state index contributed by atoms with van der Waals surface area (Å²) in [6, 6.07) is 14.4. The number of methoxy groups -OCH3 is 1. The predicted octanol–water partition coefficient (Wildman–Crippen LogP) is 4.06. The van der Waals surface area contributed by atoms with Crippen molar-refractivity contribution in [2.45, 2.75) is 31.0 Å². The van der Waals surface area contributed by atoms with Gasteiger partial charge in [0.2, 0.25) is 15.2 Å². The summed E-state index contributed by atoms with van der Waals surface area (Å²) in [4.78, 5) is 4.80. The van der Waals surface area contributed by atoms with Gasteiger partial charge in [-0.15, -0.1) is 11.3 Å². The van der Waals surface area contributed by atoms with Crippen LogP contribution in [-0.4, -0.2) is 56.3 Å². The van der Waals surface area contributed by atoms with Crippen molar-refractivity contribution in [2.24, 2.45) is 5.10 Å². The van der Waals surface area contributed by atoms with E-state index in [4.69, 9.17) is 9.47 Å². The van der Waals surface area contributed by atoms with E-state index >= 15 is 0 Å². The average molecular weight is 487 g/mol. The Bertz CT molecular complexity index is 1220. The van der Waals surface area contributed by atoms with Crippen LogP contribution in [0.5, 0.6) is 5.75 Å². The van der Waals surface area contributed by atoms with Gasteiger partial charge >= 0.3 is 0 Å². The minimum Gasteiger partial charge on any atom is -0.497 e. The van der Waals surface area contributed by atoms with Gasteiger partial charge in [-0.25, -0.2) is 13.4 Å². The van der Waals surface area contributed by atoms with Gasteiger partial charge in [-0.3, -0.25) is 5.43 Å². The SMILES string of the molecule is COc1ccc(/C=N\Nc2nc(-c3cccc(S(=O)(=O)N4C[C@@H](C)O[C@H](C)C4)c3)cs2)cc1. The minimum absolute atomic E-state index is 0.141. The maximum absolute atomic E-state index is 13.2. The third-order valence-corrected chi connectivity index (χ3v) is 7.72. The summed E-state index contributed by atoms with van der Waals surface area (Å²) in [5.74, 6) is 0.784. The smallest absolute Gasteiger partial charge is 0.243 e. The first-order valence-corrected chi connectivity index (χ1v) is 12.8. The van der Waals surface area contributed by atoms with Crippen LogP contribution in [0.3, 0.4) is 0 Å². The highest BCUT2D eigenvalue weighted by Crippen LogP contribution is 2.28. The Morgan fingerprint density at radius 3 is 2.61 bits per heavy atom. The lowest BCUT2D eigenvalue weighted by molar-refractivity contribution is -0.0440. The number of nitrogens with zero attached hydrogens (tertiary/aromatic N) is 3. The number of anilines is 1. The summed E-state index contributed by atoms with van der Waals surface area (Å²) in [6.45, 7) is 4.45. The fourth-order valence-corrected chi connectivity index (χ4v) is 5.91. The maximum atomic E-state index is 13.2. The highest BCUT2D eigenvalue weighted by Gasteiger charge is 2.32. The highest BCUT2D eigenvalue weighted by molar-refractivity contribution is 7.89. The van der Waals surface area contributed by atoms with E-state index in [1.54, 1.807) is 31.5 Å². The van der Waals surface area contributed by atoms with Crippen molar-refractivity contribution in [1.29, 1.82) is 0 Å². The van der Waals surface area contributed by atoms with Crippen LogP contribution in [0, 0.1) is 0 Å². The number of sulfonamides is 1. The summed E-state index contributed by atoms with van der Waals surface area (Å²) in [6.07, 6.45) is 1.41. The van der Waals surface area contributed by atoms with Crippen LogP contribution in [0.1, 0.15) is 19.4 Å². The summed E-state index contributed by atoms with van der Waals surface area (Å²) in [7, 11) is -2.00. The molecule has 0 aliphatic carbocycles. The Balaban J connectivity index is 1.47. The first kappa shape index (κ1) is 23.4. The van der Waals surface area contributed by atoms with Gasteiger partial charge in [-0.1, -0.05) is 12.1 Å². The van der Waals surface area contributed by atoms with Crippen molar-refractivity contribution >= 4 is 32.7 Å². The lowest BCUT2D eigenvalue weighted by atomic mass is 10.2. The third-order valence-electron chi connectivity index (χ3n) is 5.15. The number of morpholine rings is 1. The number of aromatic nitrogens is 1. The third kappa shape index (κ3) is 5.59. The molecular weight excluding hydrogens is 460 g/mol. The van der Waals surface area contributed by atoms with Crippen molar-refractivity contribution in [2.75, 3.05) is 25.6 Å². The first-order chi connectivity index (χ1) is 15.8. The Morgan fingerprint density at radius 1 is 1.18 bits per heavy atom. The van der Waals surface area contributed by atoms with Gasteiger partial charge in [0.25, 0.3) is 0 Å². The molecule has 2 aromatic carbocycles. The number of hydrogen-bond donors (Lipinski definition) is 1. The number of hydrazone groups is 1. The Labute approximate surface area is 197 Å². The van der Waals surface area contributed by atoms with Gasteiger partial charge in [0.05, 0.1) is 36.1 Å². The molecule has 0 saturated carbocycles. The van der Waals surface area contributed by atoms with Gasteiger partial charge in [0.15, 0.2) is 0 Å². The van der Waals surface area contributed by atoms with E-state index in [0.717, 1.165) is 16.9 Å². The van der Waals surface area contributed by atoms with Gasteiger partial charge in [-0.2, -0.15) is 9.41 Å². The molecule has 1 aromatic heterocycles. The van der Waals surface area contributed by atoms with Gasteiger partial charge in [0.1, 0.15) is 5.75 Å². The van der Waals surface area contributed by atoms with E-state index in [9.17, 15) is 8.42 Å². The Hall–Kier alpha value is -2.79. The first-order valence-electron chi connectivity index (χ1n) is 10.5. The Morgan fingerprint density at radius 2 is 1.91 bits per heavy atom. The van der Waals surface area contributed by atoms with Crippen LogP contribution in [0.4, 0.5) is 5.13 Å². The van der Waals surface area contributed by atoms with Gasteiger partial charge in [0, 0.05) is 24.0 Å². The van der Waals surface area contributed by atoms with Crippen LogP contribution < -0.4 is 10.2 Å². The lowest BCUT2D eigenvalue weighted by Crippen LogP contribution is -2.48. The lowest BCUT2D eigenvalue weighted by Gasteiger charge is -2.34. The standard InChI is InChI=1S/C23H26N4O4S2/c1-16-13-27(14-17(2)31-16)33(28,29)21-6-4-5-19(11-21)22-15-32-23(25-22)26-24-12-18-7-9-20(30-3)10-8-18/h4-12,15-17H,13-14H2,1-3H3,(H,25,26)/b24-12-/t16-,17-/m1/s1. The summed E-state index contributed by atoms with van der Waals surface area (Å²) in [5, 5.41) is 6.71. The monoisotopic (exact) mass is 486 g/mol. The van der Waals surface area contributed by atoms with E-state index in [-0.39, 0.29) is 17.1 Å². The highest BCUT2D eigenvalue weighted by atomic mass is 32.2. The molecule has 0 unspecified atom stereocenters. The molecule has 1 N–H and O–H groups in total. The normalized spacial score (nSPS) is 19.6. The molecule has 0 radical (unpaired) electrons. The zero-order valence-corrected chi connectivity index (χ0v) is 20.3. The molecule has 10 heteroatoms. The van der Waals surface area contributed by atoms with Crippen LogP contribution in [-0.2, 0) is 14.8 Å². The van der Waals surface area contributed by atoms with Gasteiger partial charge < -0.3 is 9.47 Å². The molecule has 1 saturated heterocycles. The average Bonchev–Trinajstić information content (AvgIpc) is 3.28. The molecule has 3 aromatic rings. The zero-order chi connectivity index (χ0) is 23.4. The molecule has 8 nitrogen and oxygen atoms in total. The zero-order valence-electron chi connectivity index (χ0n) is 18.6. The summed E-state index contributed by atoms with van der Waals surface area (Å²) >= 11 is 1.40. The van der Waals surface area contributed by atoms with Crippen molar-refractivity contribution in [3.63, 3.8) is 0 Å². The van der Waals surface area contributed by atoms with Crippen molar-refractivity contribution < 1.29 is 17.9 Å². The van der Waals surface area contributed by atoms with Crippen molar-refractivity contribution in [3.05, 3.63) is 59.5 Å². The minimum atomic E-state index is -3.62. The van der Waals surface area contributed by atoms with E-state index in [1.165, 1.54) is 15.6 Å². The van der Waals surface area contributed by atoms with Gasteiger partial charge in [-0.05, 0) is 55.8 Å². The molecular formula is C23H26N4O4S2. The largest absolute Gasteiger partial charge is 0.497 e. The van der Waals surface area contributed by atoms with Crippen LogP contribution in [0.2, 0.25) is 0 Å². The molecule has 0 bridgehead atoms. The second-order valence-electron chi connectivity index (χ2n) is 7.79. The number of thiazole rings is 1. The number of rotatable bonds is 7. The number of nitrogens with one attached hydrogen (secondary N) is 1. The van der Waals surface area contributed by atoms with E-state index in [2.05, 4.69) is 15.5 Å². The maximum Gasteiger partial charge on any atom is 0.243 e. The molecule has 2 atom stereocenters. The molecule has 0 amide bonds. The quantitative estimate of drug-likeness (QED) is 0.400. The Kier molecular flexibility index (Phi) is 7.08. The topological polar surface area (TPSA) is 93.1 Å². The molecule has 1 aliphatic rings. The number of ether oxygens (including phenoxy) is 2. The summed E-state index contributed by atoms with van der Waals surface area (Å²) < 4.78 is 38.7. The van der Waals surface area contributed by atoms with E-state index in [1.807, 2.05) is 49.6 Å². The van der Waals surface area contributed by atoms with E-state index in [0.29, 0.717) is 23.9 Å². The molecule has 174 valence electrons. The van der Waals surface area contributed by atoms with Crippen molar-refractivity contribution in [3.8, 4) is 17.0 Å². The fourth-order valence-electron chi connectivity index (χ4n) is 3.60. The fraction of sp³-hybridized carbons (Fsp3) is 0.304. The molecule has 4 rings (SSSR count). The molecule has 1 fully saturated rings. The molecule has 2 heterocycles. The van der Waals surface area contributed by atoms with Crippen LogP contribution in [0.25, 0.3) is 11.3 Å². The molecule has 1 aliphatic heterocycles. The molecule has 33 heavy (non-hydrogen) atoms. The number of hydrogen-bond acceptors (Lipinski definition) is 8. The van der Waals surface area contributed by atoms with Crippen molar-refractivity contribution in [1.82, 2.24) is 9.29 Å². The number of benzene rings is 2. The predicted molar refractivity (Wildman–Crippen MR) is 131 cm³/mol.